The maximum absolute atomic E-state index is 2.39. The predicted octanol–water partition coefficient (Wildman–Crippen LogP) is 2.38. The summed E-state index contributed by atoms with van der Waals surface area (Å²) in [4.78, 5) is 0. The monoisotopic (exact) mass is 201 g/mol. The molecule has 2 heteroatoms. The van der Waals surface area contributed by atoms with Crippen LogP contribution in [-0.2, 0) is 0 Å². The Morgan fingerprint density at radius 2 is 2.00 bits per heavy atom. The topological polar surface area (TPSA) is 35.0 Å². The van der Waals surface area contributed by atoms with E-state index in [-0.39, 0.29) is 6.15 Å². The van der Waals surface area contributed by atoms with Crippen molar-refractivity contribution in [2.75, 3.05) is 4.43 Å². The SMILES string of the molecule is CCCCI.N. The molecule has 0 atom stereocenters. The van der Waals surface area contributed by atoms with Crippen LogP contribution in [0.1, 0.15) is 19.8 Å². The van der Waals surface area contributed by atoms with E-state index in [2.05, 4.69) is 29.5 Å². The van der Waals surface area contributed by atoms with E-state index in [1.165, 1.54) is 17.3 Å². The quantitative estimate of drug-likeness (QED) is 0.540. The molecular formula is C4H12IN. The highest BCUT2D eigenvalue weighted by Crippen LogP contribution is 1.90. The van der Waals surface area contributed by atoms with Crippen molar-refractivity contribution in [2.24, 2.45) is 0 Å². The lowest BCUT2D eigenvalue weighted by Gasteiger charge is -1.77. The Hall–Kier alpha value is 0.690. The highest BCUT2D eigenvalue weighted by Gasteiger charge is 1.69. The number of halogens is 1. The summed E-state index contributed by atoms with van der Waals surface area (Å²) in [6.07, 6.45) is 2.71. The average Bonchev–Trinajstić information content (AvgIpc) is 1.41. The van der Waals surface area contributed by atoms with Gasteiger partial charge in [0, 0.05) is 0 Å². The zero-order valence-electron chi connectivity index (χ0n) is 4.21. The van der Waals surface area contributed by atoms with Crippen molar-refractivity contribution in [3.05, 3.63) is 0 Å². The minimum atomic E-state index is 0. The van der Waals surface area contributed by atoms with Gasteiger partial charge in [-0.2, -0.15) is 0 Å². The minimum absolute atomic E-state index is 0. The smallest absolute Gasteiger partial charge is 0.000483 e. The Labute approximate surface area is 53.2 Å². The zero-order valence-corrected chi connectivity index (χ0v) is 6.36. The molecule has 0 spiro atoms. The molecule has 0 aromatic rings. The Balaban J connectivity index is 0. The van der Waals surface area contributed by atoms with E-state index in [9.17, 15) is 0 Å². The van der Waals surface area contributed by atoms with Gasteiger partial charge in [0.2, 0.25) is 0 Å². The fraction of sp³-hybridized carbons (Fsp3) is 1.00. The average molecular weight is 201 g/mol. The number of hydrogen-bond acceptors (Lipinski definition) is 1. The molecule has 0 aliphatic heterocycles. The first-order valence-electron chi connectivity index (χ1n) is 1.97. The second-order valence-electron chi connectivity index (χ2n) is 1.04. The third-order valence-corrected chi connectivity index (χ3v) is 1.25. The van der Waals surface area contributed by atoms with Gasteiger partial charge >= 0.3 is 0 Å². The highest BCUT2D eigenvalue weighted by atomic mass is 127. The summed E-state index contributed by atoms with van der Waals surface area (Å²) in [5.74, 6) is 0. The molecule has 0 aromatic carbocycles. The van der Waals surface area contributed by atoms with Crippen LogP contribution in [0.2, 0.25) is 0 Å². The van der Waals surface area contributed by atoms with Crippen molar-refractivity contribution in [3.8, 4) is 0 Å². The summed E-state index contributed by atoms with van der Waals surface area (Å²) in [5.41, 5.74) is 0. The van der Waals surface area contributed by atoms with Gasteiger partial charge in [-0.25, -0.2) is 0 Å². The number of unbranched alkanes of at least 4 members (excludes halogenated alkanes) is 1. The first-order chi connectivity index (χ1) is 2.41. The first kappa shape index (κ1) is 9.85. The second-order valence-corrected chi connectivity index (χ2v) is 2.12. The van der Waals surface area contributed by atoms with Crippen LogP contribution in [0.25, 0.3) is 0 Å². The molecular weight excluding hydrogens is 189 g/mol. The van der Waals surface area contributed by atoms with E-state index in [1.807, 2.05) is 0 Å². The van der Waals surface area contributed by atoms with Crippen LogP contribution in [0.5, 0.6) is 0 Å². The maximum Gasteiger partial charge on any atom is -0.000483 e. The van der Waals surface area contributed by atoms with Crippen LogP contribution < -0.4 is 6.15 Å². The van der Waals surface area contributed by atoms with Gasteiger partial charge in [-0.05, 0) is 10.8 Å². The van der Waals surface area contributed by atoms with Gasteiger partial charge in [-0.1, -0.05) is 35.9 Å². The molecule has 0 radical (unpaired) electrons. The molecule has 0 aliphatic rings. The Morgan fingerprint density at radius 1 is 1.50 bits per heavy atom. The Bertz CT molecular complexity index is 15.0. The van der Waals surface area contributed by atoms with Gasteiger partial charge < -0.3 is 6.15 Å². The minimum Gasteiger partial charge on any atom is -0.344 e. The van der Waals surface area contributed by atoms with Gasteiger partial charge in [0.1, 0.15) is 0 Å². The van der Waals surface area contributed by atoms with E-state index < -0.39 is 0 Å². The van der Waals surface area contributed by atoms with Crippen LogP contribution in [0.15, 0.2) is 0 Å². The normalized spacial score (nSPS) is 7.00. The van der Waals surface area contributed by atoms with Gasteiger partial charge in [0.15, 0.2) is 0 Å². The van der Waals surface area contributed by atoms with E-state index in [0.717, 1.165) is 0 Å². The third kappa shape index (κ3) is 8.83. The molecule has 6 heavy (non-hydrogen) atoms. The van der Waals surface area contributed by atoms with E-state index >= 15 is 0 Å². The molecule has 0 aromatic heterocycles. The summed E-state index contributed by atoms with van der Waals surface area (Å²) in [6.45, 7) is 2.21. The van der Waals surface area contributed by atoms with Crippen LogP contribution in [-0.4, -0.2) is 4.43 Å². The fourth-order valence-corrected chi connectivity index (χ4v) is 0.896. The molecule has 40 valence electrons. The lowest BCUT2D eigenvalue weighted by molar-refractivity contribution is 0.907. The lowest BCUT2D eigenvalue weighted by Crippen LogP contribution is -1.64. The molecule has 0 saturated carbocycles. The fourth-order valence-electron chi connectivity index (χ4n) is 0.134. The molecule has 0 aliphatic carbocycles. The standard InChI is InChI=1S/C4H9I.H3N/c1-2-3-4-5;/h2-4H2,1H3;1H3. The molecule has 0 amide bonds. The van der Waals surface area contributed by atoms with Crippen LogP contribution in [0.3, 0.4) is 0 Å². The van der Waals surface area contributed by atoms with Crippen molar-refractivity contribution < 1.29 is 0 Å². The summed E-state index contributed by atoms with van der Waals surface area (Å²) < 4.78 is 1.31. The van der Waals surface area contributed by atoms with Gasteiger partial charge in [0.05, 0.1) is 0 Å². The van der Waals surface area contributed by atoms with Crippen LogP contribution >= 0.6 is 22.6 Å². The molecule has 3 N–H and O–H groups in total. The number of alkyl halides is 1. The predicted molar refractivity (Wildman–Crippen MR) is 38.8 cm³/mol. The number of hydrogen-bond donors (Lipinski definition) is 1. The molecule has 0 fully saturated rings. The third-order valence-electron chi connectivity index (χ3n) is 0.487. The van der Waals surface area contributed by atoms with Crippen LogP contribution in [0, 0.1) is 0 Å². The van der Waals surface area contributed by atoms with Crippen molar-refractivity contribution >= 4 is 22.6 Å². The van der Waals surface area contributed by atoms with E-state index in [4.69, 9.17) is 0 Å². The number of rotatable bonds is 2. The lowest BCUT2D eigenvalue weighted by atomic mass is 10.4. The highest BCUT2D eigenvalue weighted by molar-refractivity contribution is 14.1. The molecule has 0 unspecified atom stereocenters. The summed E-state index contributed by atoms with van der Waals surface area (Å²) in [6, 6.07) is 0. The summed E-state index contributed by atoms with van der Waals surface area (Å²) >= 11 is 2.39. The van der Waals surface area contributed by atoms with Crippen molar-refractivity contribution in [1.29, 1.82) is 0 Å². The van der Waals surface area contributed by atoms with Gasteiger partial charge in [-0.3, -0.25) is 0 Å². The van der Waals surface area contributed by atoms with Gasteiger partial charge in [0.25, 0.3) is 0 Å². The van der Waals surface area contributed by atoms with Crippen molar-refractivity contribution in [3.63, 3.8) is 0 Å². The van der Waals surface area contributed by atoms with Crippen molar-refractivity contribution in [1.82, 2.24) is 6.15 Å². The van der Waals surface area contributed by atoms with Crippen LogP contribution in [0.4, 0.5) is 0 Å². The molecule has 0 bridgehead atoms. The largest absolute Gasteiger partial charge is 0.344 e. The zero-order chi connectivity index (χ0) is 4.12. The summed E-state index contributed by atoms with van der Waals surface area (Å²) in [7, 11) is 0. The van der Waals surface area contributed by atoms with Gasteiger partial charge in [-0.15, -0.1) is 0 Å². The molecule has 0 saturated heterocycles. The summed E-state index contributed by atoms with van der Waals surface area (Å²) in [5, 5.41) is 0. The molecule has 1 nitrogen and oxygen atoms in total. The maximum atomic E-state index is 2.39. The first-order valence-corrected chi connectivity index (χ1v) is 3.50. The molecule has 0 heterocycles. The van der Waals surface area contributed by atoms with Crippen molar-refractivity contribution in [2.45, 2.75) is 19.8 Å². The Morgan fingerprint density at radius 3 is 2.00 bits per heavy atom. The van der Waals surface area contributed by atoms with E-state index in [0.29, 0.717) is 0 Å². The Kier molecular flexibility index (Phi) is 15.1. The second kappa shape index (κ2) is 9.19. The van der Waals surface area contributed by atoms with E-state index in [1.54, 1.807) is 0 Å². The molecule has 0 rings (SSSR count).